The monoisotopic (exact) mass is 269 g/mol. The van der Waals surface area contributed by atoms with Crippen LogP contribution in [0.1, 0.15) is 19.4 Å². The van der Waals surface area contributed by atoms with Crippen LogP contribution in [0.25, 0.3) is 10.9 Å². The maximum atomic E-state index is 11.9. The second-order valence-corrected chi connectivity index (χ2v) is 5.40. The lowest BCUT2D eigenvalue weighted by Gasteiger charge is -2.28. The Morgan fingerprint density at radius 2 is 1.95 bits per heavy atom. The summed E-state index contributed by atoms with van der Waals surface area (Å²) in [7, 11) is 0. The van der Waals surface area contributed by atoms with Crippen molar-refractivity contribution in [2.75, 3.05) is 0 Å². The molecule has 1 fully saturated rings. The highest BCUT2D eigenvalue weighted by Crippen LogP contribution is 2.25. The highest BCUT2D eigenvalue weighted by Gasteiger charge is 2.45. The Kier molecular flexibility index (Phi) is 2.71. The third-order valence-corrected chi connectivity index (χ3v) is 3.74. The van der Waals surface area contributed by atoms with E-state index in [1.54, 1.807) is 24.9 Å². The third kappa shape index (κ3) is 1.82. The molecule has 5 heteroatoms. The molecule has 5 nitrogen and oxygen atoms in total. The number of aromatic nitrogens is 1. The molecule has 2 aromatic rings. The van der Waals surface area contributed by atoms with Crippen molar-refractivity contribution in [3.63, 3.8) is 0 Å². The summed E-state index contributed by atoms with van der Waals surface area (Å²) in [6.45, 7) is 3.84. The fourth-order valence-corrected chi connectivity index (χ4v) is 2.43. The van der Waals surface area contributed by atoms with E-state index in [-0.39, 0.29) is 11.9 Å². The molecule has 0 spiro atoms. The topological polar surface area (TPSA) is 62.3 Å². The van der Waals surface area contributed by atoms with Crippen LogP contribution >= 0.6 is 0 Å². The van der Waals surface area contributed by atoms with Crippen LogP contribution in [0.5, 0.6) is 0 Å². The van der Waals surface area contributed by atoms with Crippen LogP contribution in [0.15, 0.2) is 36.5 Å². The highest BCUT2D eigenvalue weighted by atomic mass is 16.2. The third-order valence-electron chi connectivity index (χ3n) is 3.74. The van der Waals surface area contributed by atoms with E-state index in [2.05, 4.69) is 10.3 Å². The molecule has 20 heavy (non-hydrogen) atoms. The Bertz CT molecular complexity index is 704. The van der Waals surface area contributed by atoms with Gasteiger partial charge in [0, 0.05) is 11.6 Å². The average molecular weight is 269 g/mol. The number of nitrogens with zero attached hydrogens (tertiary/aromatic N) is 2. The minimum Gasteiger partial charge on any atom is -0.306 e. The second-order valence-electron chi connectivity index (χ2n) is 5.40. The molecule has 0 unspecified atom stereocenters. The van der Waals surface area contributed by atoms with Gasteiger partial charge in [0.1, 0.15) is 5.54 Å². The highest BCUT2D eigenvalue weighted by molar-refractivity contribution is 6.06. The number of imide groups is 1. The van der Waals surface area contributed by atoms with Gasteiger partial charge < -0.3 is 4.90 Å². The molecule has 0 aliphatic carbocycles. The molecule has 2 heterocycles. The van der Waals surface area contributed by atoms with Crippen molar-refractivity contribution in [2.24, 2.45) is 0 Å². The predicted molar refractivity (Wildman–Crippen MR) is 74.9 cm³/mol. The van der Waals surface area contributed by atoms with E-state index in [4.69, 9.17) is 0 Å². The molecule has 0 radical (unpaired) electrons. The Morgan fingerprint density at radius 1 is 1.20 bits per heavy atom. The molecule has 1 aromatic heterocycles. The number of urea groups is 1. The van der Waals surface area contributed by atoms with Crippen LogP contribution in [0.3, 0.4) is 0 Å². The minimum atomic E-state index is -0.839. The fourth-order valence-electron chi connectivity index (χ4n) is 2.43. The lowest BCUT2D eigenvalue weighted by atomic mass is 10.0. The first kappa shape index (κ1) is 12.6. The standard InChI is InChI=1S/C15H15N3O2/c1-15(2)13(19)17-14(20)18(15)9-11-6-3-5-10-7-4-8-16-12(10)11/h3-8H,9H2,1-2H3,(H,17,19,20). The molecule has 0 atom stereocenters. The maximum absolute atomic E-state index is 11.9. The quantitative estimate of drug-likeness (QED) is 0.849. The van der Waals surface area contributed by atoms with Gasteiger partial charge in [-0.2, -0.15) is 0 Å². The zero-order valence-electron chi connectivity index (χ0n) is 11.4. The van der Waals surface area contributed by atoms with E-state index in [0.29, 0.717) is 6.54 Å². The number of nitrogens with one attached hydrogen (secondary N) is 1. The lowest BCUT2D eigenvalue weighted by molar-refractivity contribution is -0.125. The molecular weight excluding hydrogens is 254 g/mol. The van der Waals surface area contributed by atoms with Crippen molar-refractivity contribution >= 4 is 22.8 Å². The van der Waals surface area contributed by atoms with Gasteiger partial charge in [0.2, 0.25) is 0 Å². The number of fused-ring (bicyclic) bond motifs is 1. The first-order valence-corrected chi connectivity index (χ1v) is 6.46. The summed E-state index contributed by atoms with van der Waals surface area (Å²) in [6, 6.07) is 9.34. The first-order valence-electron chi connectivity index (χ1n) is 6.46. The molecule has 3 rings (SSSR count). The van der Waals surface area contributed by atoms with Gasteiger partial charge in [-0.25, -0.2) is 4.79 Å². The summed E-state index contributed by atoms with van der Waals surface area (Å²) in [5.41, 5.74) is 0.951. The van der Waals surface area contributed by atoms with Crippen molar-refractivity contribution in [3.8, 4) is 0 Å². The number of rotatable bonds is 2. The van der Waals surface area contributed by atoms with Crippen molar-refractivity contribution < 1.29 is 9.59 Å². The summed E-state index contributed by atoms with van der Waals surface area (Å²) < 4.78 is 0. The van der Waals surface area contributed by atoms with Gasteiger partial charge in [0.15, 0.2) is 0 Å². The number of carbonyl (C=O) groups is 2. The Balaban J connectivity index is 2.02. The number of carbonyl (C=O) groups excluding carboxylic acids is 2. The first-order chi connectivity index (χ1) is 9.50. The number of para-hydroxylation sites is 1. The van der Waals surface area contributed by atoms with E-state index >= 15 is 0 Å². The van der Waals surface area contributed by atoms with E-state index in [0.717, 1.165) is 16.5 Å². The van der Waals surface area contributed by atoms with Crippen molar-refractivity contribution in [1.29, 1.82) is 0 Å². The summed E-state index contributed by atoms with van der Waals surface area (Å²) in [4.78, 5) is 29.6. The van der Waals surface area contributed by atoms with E-state index in [9.17, 15) is 9.59 Å². The Morgan fingerprint density at radius 3 is 2.65 bits per heavy atom. The normalized spacial score (nSPS) is 17.6. The smallest absolute Gasteiger partial charge is 0.306 e. The second kappa shape index (κ2) is 4.30. The summed E-state index contributed by atoms with van der Waals surface area (Å²) >= 11 is 0. The molecule has 1 aliphatic heterocycles. The van der Waals surface area contributed by atoms with Gasteiger partial charge in [0.25, 0.3) is 5.91 Å². The molecule has 1 saturated heterocycles. The lowest BCUT2D eigenvalue weighted by Crippen LogP contribution is -2.43. The van der Waals surface area contributed by atoms with Crippen LogP contribution in [0.2, 0.25) is 0 Å². The largest absolute Gasteiger partial charge is 0.325 e. The van der Waals surface area contributed by atoms with Gasteiger partial charge in [0.05, 0.1) is 12.1 Å². The number of pyridine rings is 1. The molecule has 1 N–H and O–H groups in total. The van der Waals surface area contributed by atoms with Crippen LogP contribution in [0, 0.1) is 0 Å². The zero-order chi connectivity index (χ0) is 14.3. The van der Waals surface area contributed by atoms with E-state index < -0.39 is 5.54 Å². The Labute approximate surface area is 116 Å². The molecule has 3 amide bonds. The van der Waals surface area contributed by atoms with E-state index in [1.165, 1.54) is 0 Å². The van der Waals surface area contributed by atoms with Gasteiger partial charge >= 0.3 is 6.03 Å². The molecule has 0 bridgehead atoms. The van der Waals surface area contributed by atoms with E-state index in [1.807, 2.05) is 30.3 Å². The van der Waals surface area contributed by atoms with Gasteiger partial charge in [-0.15, -0.1) is 0 Å². The van der Waals surface area contributed by atoms with Crippen molar-refractivity contribution in [2.45, 2.75) is 25.9 Å². The molecule has 0 saturated carbocycles. The molecule has 102 valence electrons. The summed E-state index contributed by atoms with van der Waals surface area (Å²) in [6.07, 6.45) is 1.73. The average Bonchev–Trinajstić information content (AvgIpc) is 2.62. The van der Waals surface area contributed by atoms with Gasteiger partial charge in [-0.1, -0.05) is 24.3 Å². The molecular formula is C15H15N3O2. The minimum absolute atomic E-state index is 0.268. The fraction of sp³-hybridized carbons (Fsp3) is 0.267. The number of hydrogen-bond acceptors (Lipinski definition) is 3. The number of hydrogen-bond donors (Lipinski definition) is 1. The number of benzene rings is 1. The predicted octanol–water partition coefficient (Wildman–Crippen LogP) is 2.07. The van der Waals surface area contributed by atoms with Crippen molar-refractivity contribution in [1.82, 2.24) is 15.2 Å². The molecule has 1 aromatic carbocycles. The van der Waals surface area contributed by atoms with Gasteiger partial charge in [-0.05, 0) is 25.5 Å². The Hall–Kier alpha value is -2.43. The SMILES string of the molecule is CC1(C)C(=O)NC(=O)N1Cc1cccc2cccnc12. The summed E-state index contributed by atoms with van der Waals surface area (Å²) in [5, 5.41) is 3.38. The van der Waals surface area contributed by atoms with Crippen LogP contribution in [0.4, 0.5) is 4.79 Å². The van der Waals surface area contributed by atoms with Crippen LogP contribution in [-0.4, -0.2) is 27.4 Å². The maximum Gasteiger partial charge on any atom is 0.325 e. The summed E-state index contributed by atoms with van der Waals surface area (Å²) in [5.74, 6) is -0.268. The van der Waals surface area contributed by atoms with Crippen molar-refractivity contribution in [3.05, 3.63) is 42.1 Å². The van der Waals surface area contributed by atoms with Gasteiger partial charge in [-0.3, -0.25) is 15.1 Å². The zero-order valence-corrected chi connectivity index (χ0v) is 11.4. The number of amides is 3. The molecule has 1 aliphatic rings. The van der Waals surface area contributed by atoms with Crippen LogP contribution < -0.4 is 5.32 Å². The van der Waals surface area contributed by atoms with Crippen LogP contribution in [-0.2, 0) is 11.3 Å².